The fraction of sp³-hybridized carbons (Fsp3) is 0.381. The van der Waals surface area contributed by atoms with Crippen LogP contribution in [0.3, 0.4) is 0 Å². The zero-order valence-corrected chi connectivity index (χ0v) is 15.4. The molecule has 138 valence electrons. The van der Waals surface area contributed by atoms with Crippen molar-refractivity contribution in [2.45, 2.75) is 32.0 Å². The van der Waals surface area contributed by atoms with Crippen LogP contribution in [0.15, 0.2) is 59.6 Å². The average Bonchev–Trinajstić information content (AvgIpc) is 3.10. The molecule has 2 aromatic carbocycles. The van der Waals surface area contributed by atoms with E-state index < -0.39 is 0 Å². The molecule has 1 aliphatic rings. The van der Waals surface area contributed by atoms with Crippen molar-refractivity contribution in [3.05, 3.63) is 65.7 Å². The number of benzene rings is 2. The fourth-order valence-electron chi connectivity index (χ4n) is 3.43. The normalized spacial score (nSPS) is 18.2. The third kappa shape index (κ3) is 5.07. The molecule has 5 nitrogen and oxygen atoms in total. The molecule has 0 bridgehead atoms. The van der Waals surface area contributed by atoms with Gasteiger partial charge in [-0.05, 0) is 31.0 Å². The number of rotatable bonds is 7. The van der Waals surface area contributed by atoms with Gasteiger partial charge in [0.15, 0.2) is 5.96 Å². The van der Waals surface area contributed by atoms with E-state index in [-0.39, 0.29) is 0 Å². The van der Waals surface area contributed by atoms with Crippen LogP contribution >= 0.6 is 0 Å². The first-order valence-electron chi connectivity index (χ1n) is 9.18. The molecule has 1 unspecified atom stereocenters. The standard InChI is InChI=1S/C21H28N4O/c1-26-16-18-10-5-6-12-20(18)24-21(22)23-14-19-11-7-13-25(19)15-17-8-3-2-4-9-17/h2-6,8-10,12,19H,7,11,13-16H2,1H3,(H3,22,23,24). The molecule has 2 aromatic rings. The second kappa shape index (κ2) is 9.36. The first-order valence-corrected chi connectivity index (χ1v) is 9.18. The van der Waals surface area contributed by atoms with E-state index in [0.29, 0.717) is 18.6 Å². The number of anilines is 1. The van der Waals surface area contributed by atoms with Gasteiger partial charge < -0.3 is 15.8 Å². The summed E-state index contributed by atoms with van der Waals surface area (Å²) >= 11 is 0. The van der Waals surface area contributed by atoms with Crippen molar-refractivity contribution in [2.24, 2.45) is 10.7 Å². The summed E-state index contributed by atoms with van der Waals surface area (Å²) in [5.41, 5.74) is 9.49. The molecule has 1 atom stereocenters. The largest absolute Gasteiger partial charge is 0.380 e. The third-order valence-corrected chi connectivity index (χ3v) is 4.78. The Kier molecular flexibility index (Phi) is 6.63. The summed E-state index contributed by atoms with van der Waals surface area (Å²) in [6, 6.07) is 19.1. The van der Waals surface area contributed by atoms with E-state index in [0.717, 1.165) is 30.9 Å². The van der Waals surface area contributed by atoms with Crippen molar-refractivity contribution >= 4 is 11.6 Å². The van der Waals surface area contributed by atoms with Gasteiger partial charge in [-0.1, -0.05) is 48.5 Å². The molecule has 0 aliphatic carbocycles. The van der Waals surface area contributed by atoms with Crippen LogP contribution in [0.1, 0.15) is 24.0 Å². The van der Waals surface area contributed by atoms with E-state index in [1.165, 1.54) is 18.4 Å². The van der Waals surface area contributed by atoms with Crippen molar-refractivity contribution in [2.75, 3.05) is 25.5 Å². The van der Waals surface area contributed by atoms with E-state index in [1.807, 2.05) is 24.3 Å². The molecule has 1 fully saturated rings. The zero-order valence-electron chi connectivity index (χ0n) is 15.4. The summed E-state index contributed by atoms with van der Waals surface area (Å²) in [6.45, 7) is 3.37. The van der Waals surface area contributed by atoms with Crippen LogP contribution in [0.2, 0.25) is 0 Å². The van der Waals surface area contributed by atoms with Crippen molar-refractivity contribution < 1.29 is 4.74 Å². The van der Waals surface area contributed by atoms with Gasteiger partial charge in [0, 0.05) is 30.9 Å². The predicted molar refractivity (Wildman–Crippen MR) is 107 cm³/mol. The maximum Gasteiger partial charge on any atom is 0.193 e. The van der Waals surface area contributed by atoms with Gasteiger partial charge in [0.2, 0.25) is 0 Å². The van der Waals surface area contributed by atoms with E-state index in [4.69, 9.17) is 10.5 Å². The van der Waals surface area contributed by atoms with E-state index in [1.54, 1.807) is 7.11 Å². The Morgan fingerprint density at radius 1 is 1.19 bits per heavy atom. The lowest BCUT2D eigenvalue weighted by Gasteiger charge is -2.23. The maximum absolute atomic E-state index is 6.13. The second-order valence-corrected chi connectivity index (χ2v) is 6.69. The predicted octanol–water partition coefficient (Wildman–Crippen LogP) is 3.22. The molecule has 1 aliphatic heterocycles. The maximum atomic E-state index is 6.13. The van der Waals surface area contributed by atoms with Crippen LogP contribution in [-0.2, 0) is 17.9 Å². The molecule has 26 heavy (non-hydrogen) atoms. The third-order valence-electron chi connectivity index (χ3n) is 4.78. The van der Waals surface area contributed by atoms with Crippen LogP contribution in [0.5, 0.6) is 0 Å². The molecule has 3 N–H and O–H groups in total. The molecular formula is C21H28N4O. The summed E-state index contributed by atoms with van der Waals surface area (Å²) in [6.07, 6.45) is 2.39. The minimum atomic E-state index is 0.449. The number of nitrogens with two attached hydrogens (primary N) is 1. The summed E-state index contributed by atoms with van der Waals surface area (Å²) < 4.78 is 5.23. The monoisotopic (exact) mass is 352 g/mol. The second-order valence-electron chi connectivity index (χ2n) is 6.69. The summed E-state index contributed by atoms with van der Waals surface area (Å²) in [5.74, 6) is 0.458. The Bertz CT molecular complexity index is 717. The van der Waals surface area contributed by atoms with Crippen molar-refractivity contribution in [1.29, 1.82) is 0 Å². The van der Waals surface area contributed by atoms with Gasteiger partial charge in [-0.15, -0.1) is 0 Å². The lowest BCUT2D eigenvalue weighted by Crippen LogP contribution is -2.33. The van der Waals surface area contributed by atoms with Gasteiger partial charge in [-0.25, -0.2) is 0 Å². The van der Waals surface area contributed by atoms with E-state index >= 15 is 0 Å². The van der Waals surface area contributed by atoms with Crippen molar-refractivity contribution in [3.8, 4) is 0 Å². The minimum Gasteiger partial charge on any atom is -0.380 e. The Morgan fingerprint density at radius 2 is 1.96 bits per heavy atom. The minimum absolute atomic E-state index is 0.449. The lowest BCUT2D eigenvalue weighted by atomic mass is 10.2. The van der Waals surface area contributed by atoms with Crippen LogP contribution in [0.4, 0.5) is 5.69 Å². The quantitative estimate of drug-likeness (QED) is 0.593. The summed E-state index contributed by atoms with van der Waals surface area (Å²) in [7, 11) is 1.69. The Hall–Kier alpha value is -2.37. The molecule has 5 heteroatoms. The first-order chi connectivity index (χ1) is 12.8. The number of para-hydroxylation sites is 1. The smallest absolute Gasteiger partial charge is 0.193 e. The molecule has 0 saturated carbocycles. The fourth-order valence-corrected chi connectivity index (χ4v) is 3.43. The highest BCUT2D eigenvalue weighted by Gasteiger charge is 2.24. The average molecular weight is 352 g/mol. The Labute approximate surface area is 155 Å². The number of ether oxygens (including phenoxy) is 1. The summed E-state index contributed by atoms with van der Waals surface area (Å²) in [5, 5.41) is 3.21. The molecular weight excluding hydrogens is 324 g/mol. The highest BCUT2D eigenvalue weighted by atomic mass is 16.5. The van der Waals surface area contributed by atoms with Gasteiger partial charge in [0.25, 0.3) is 0 Å². The van der Waals surface area contributed by atoms with Crippen LogP contribution < -0.4 is 11.1 Å². The number of nitrogens with zero attached hydrogens (tertiary/aromatic N) is 2. The number of nitrogens with one attached hydrogen (secondary N) is 1. The Morgan fingerprint density at radius 3 is 2.77 bits per heavy atom. The number of hydrogen-bond donors (Lipinski definition) is 2. The zero-order chi connectivity index (χ0) is 18.2. The van der Waals surface area contributed by atoms with E-state index in [2.05, 4.69) is 45.5 Å². The molecule has 1 saturated heterocycles. The number of likely N-dealkylation sites (tertiary alicyclic amines) is 1. The van der Waals surface area contributed by atoms with Crippen LogP contribution in [0.25, 0.3) is 0 Å². The summed E-state index contributed by atoms with van der Waals surface area (Å²) in [4.78, 5) is 7.10. The molecule has 0 radical (unpaired) electrons. The molecule has 0 spiro atoms. The highest BCUT2D eigenvalue weighted by Crippen LogP contribution is 2.20. The van der Waals surface area contributed by atoms with Gasteiger partial charge >= 0.3 is 0 Å². The van der Waals surface area contributed by atoms with E-state index in [9.17, 15) is 0 Å². The van der Waals surface area contributed by atoms with Crippen LogP contribution in [-0.4, -0.2) is 37.1 Å². The van der Waals surface area contributed by atoms with Crippen LogP contribution in [0, 0.1) is 0 Å². The van der Waals surface area contributed by atoms with Gasteiger partial charge in [0.05, 0.1) is 13.2 Å². The molecule has 1 heterocycles. The van der Waals surface area contributed by atoms with Gasteiger partial charge in [-0.3, -0.25) is 9.89 Å². The lowest BCUT2D eigenvalue weighted by molar-refractivity contribution is 0.185. The Balaban J connectivity index is 1.58. The topological polar surface area (TPSA) is 62.9 Å². The molecule has 0 aromatic heterocycles. The number of methoxy groups -OCH3 is 1. The number of aliphatic imine (C=N–C) groups is 1. The SMILES string of the molecule is COCc1ccccc1NC(N)=NCC1CCCN1Cc1ccccc1. The molecule has 3 rings (SSSR count). The van der Waals surface area contributed by atoms with Crippen molar-refractivity contribution in [3.63, 3.8) is 0 Å². The van der Waals surface area contributed by atoms with Gasteiger partial charge in [-0.2, -0.15) is 0 Å². The highest BCUT2D eigenvalue weighted by molar-refractivity contribution is 5.93. The molecule has 0 amide bonds. The number of hydrogen-bond acceptors (Lipinski definition) is 3. The van der Waals surface area contributed by atoms with Crippen molar-refractivity contribution in [1.82, 2.24) is 4.90 Å². The number of guanidine groups is 1. The van der Waals surface area contributed by atoms with Gasteiger partial charge in [0.1, 0.15) is 0 Å². The first kappa shape index (κ1) is 18.4.